The third-order valence-corrected chi connectivity index (χ3v) is 4.19. The van der Waals surface area contributed by atoms with Crippen LogP contribution >= 0.6 is 0 Å². The Morgan fingerprint density at radius 1 is 1.48 bits per heavy atom. The molecule has 0 fully saturated rings. The van der Waals surface area contributed by atoms with Gasteiger partial charge in [-0.3, -0.25) is 4.68 Å². The summed E-state index contributed by atoms with van der Waals surface area (Å²) in [5.74, 6) is 0.883. The van der Waals surface area contributed by atoms with Crippen molar-refractivity contribution in [2.75, 3.05) is 12.3 Å². The maximum atomic E-state index is 12.2. The summed E-state index contributed by atoms with van der Waals surface area (Å²) in [6, 6.07) is 0. The van der Waals surface area contributed by atoms with Crippen LogP contribution in [0.2, 0.25) is 0 Å². The first-order chi connectivity index (χ1) is 9.92. The van der Waals surface area contributed by atoms with Gasteiger partial charge in [0.1, 0.15) is 4.90 Å². The maximum Gasteiger partial charge on any atom is 0.245 e. The second kappa shape index (κ2) is 6.22. The molecule has 21 heavy (non-hydrogen) atoms. The fourth-order valence-electron chi connectivity index (χ4n) is 1.79. The highest BCUT2D eigenvalue weighted by Gasteiger charge is 2.20. The minimum Gasteiger partial charge on any atom is -0.381 e. The number of hydrogen-bond donors (Lipinski definition) is 2. The van der Waals surface area contributed by atoms with Gasteiger partial charge in [0.25, 0.3) is 0 Å². The van der Waals surface area contributed by atoms with Gasteiger partial charge in [-0.05, 0) is 6.42 Å². The van der Waals surface area contributed by atoms with Crippen LogP contribution in [0.4, 0.5) is 5.82 Å². The largest absolute Gasteiger partial charge is 0.381 e. The van der Waals surface area contributed by atoms with Gasteiger partial charge in [-0.25, -0.2) is 13.1 Å². The highest BCUT2D eigenvalue weighted by atomic mass is 32.2. The van der Waals surface area contributed by atoms with Crippen molar-refractivity contribution in [2.24, 2.45) is 0 Å². The Balaban J connectivity index is 2.01. The summed E-state index contributed by atoms with van der Waals surface area (Å²) in [6.45, 7) is 4.41. The van der Waals surface area contributed by atoms with Crippen LogP contribution in [0.1, 0.15) is 25.1 Å². The van der Waals surface area contributed by atoms with Gasteiger partial charge < -0.3 is 10.3 Å². The summed E-state index contributed by atoms with van der Waals surface area (Å²) < 4.78 is 33.1. The van der Waals surface area contributed by atoms with E-state index in [2.05, 4.69) is 20.0 Å². The number of aryl methyl sites for hydroxylation is 2. The van der Waals surface area contributed by atoms with E-state index in [-0.39, 0.29) is 17.3 Å². The molecule has 2 aromatic rings. The van der Waals surface area contributed by atoms with E-state index in [9.17, 15) is 8.42 Å². The SMILES string of the molecule is CCCn1cc(S(=O)(=O)NCCc2noc(C)n2)c(N)n1. The van der Waals surface area contributed by atoms with Crippen molar-refractivity contribution in [3.63, 3.8) is 0 Å². The van der Waals surface area contributed by atoms with E-state index in [0.29, 0.717) is 24.7 Å². The number of nitrogens with two attached hydrogens (primary N) is 1. The minimum absolute atomic E-state index is 0.00800. The van der Waals surface area contributed by atoms with Gasteiger partial charge in [-0.15, -0.1) is 0 Å². The molecule has 2 rings (SSSR count). The second-order valence-corrected chi connectivity index (χ2v) is 6.25. The molecule has 0 saturated heterocycles. The monoisotopic (exact) mass is 314 g/mol. The molecule has 0 unspecified atom stereocenters. The lowest BCUT2D eigenvalue weighted by atomic mass is 10.4. The van der Waals surface area contributed by atoms with Crippen molar-refractivity contribution in [1.29, 1.82) is 0 Å². The van der Waals surface area contributed by atoms with Crippen LogP contribution in [-0.2, 0) is 23.0 Å². The number of aromatic nitrogens is 4. The number of nitrogen functional groups attached to an aromatic ring is 1. The highest BCUT2D eigenvalue weighted by molar-refractivity contribution is 7.89. The Hall–Kier alpha value is -1.94. The number of sulfonamides is 1. The molecule has 0 spiro atoms. The van der Waals surface area contributed by atoms with Crippen LogP contribution in [0, 0.1) is 6.92 Å². The predicted octanol–water partition coefficient (Wildman–Crippen LogP) is 0.0877. The molecule has 0 saturated carbocycles. The van der Waals surface area contributed by atoms with Crippen molar-refractivity contribution in [3.8, 4) is 0 Å². The van der Waals surface area contributed by atoms with E-state index in [1.807, 2.05) is 6.92 Å². The van der Waals surface area contributed by atoms with Gasteiger partial charge in [0.2, 0.25) is 15.9 Å². The minimum atomic E-state index is -3.70. The van der Waals surface area contributed by atoms with Gasteiger partial charge >= 0.3 is 0 Å². The Kier molecular flexibility index (Phi) is 4.58. The average molecular weight is 314 g/mol. The first-order valence-corrected chi connectivity index (χ1v) is 8.02. The van der Waals surface area contributed by atoms with Gasteiger partial charge in [-0.2, -0.15) is 10.1 Å². The summed E-state index contributed by atoms with van der Waals surface area (Å²) in [7, 11) is -3.70. The molecule has 0 aliphatic heterocycles. The third kappa shape index (κ3) is 3.79. The van der Waals surface area contributed by atoms with Crippen molar-refractivity contribution in [3.05, 3.63) is 17.9 Å². The molecule has 2 heterocycles. The van der Waals surface area contributed by atoms with Crippen molar-refractivity contribution < 1.29 is 12.9 Å². The van der Waals surface area contributed by atoms with Gasteiger partial charge in [0.05, 0.1) is 0 Å². The second-order valence-electron chi connectivity index (χ2n) is 4.52. The summed E-state index contributed by atoms with van der Waals surface area (Å²) in [4.78, 5) is 3.98. The third-order valence-electron chi connectivity index (χ3n) is 2.71. The van der Waals surface area contributed by atoms with Gasteiger partial charge in [0, 0.05) is 32.6 Å². The lowest BCUT2D eigenvalue weighted by molar-refractivity contribution is 0.387. The number of anilines is 1. The summed E-state index contributed by atoms with van der Waals surface area (Å²) in [5.41, 5.74) is 5.65. The molecule has 3 N–H and O–H groups in total. The Bertz CT molecular complexity index is 705. The molecule has 10 heteroatoms. The van der Waals surface area contributed by atoms with E-state index < -0.39 is 10.0 Å². The normalized spacial score (nSPS) is 11.9. The Morgan fingerprint density at radius 3 is 2.86 bits per heavy atom. The summed E-state index contributed by atoms with van der Waals surface area (Å²) >= 11 is 0. The molecule has 0 atom stereocenters. The van der Waals surface area contributed by atoms with E-state index in [4.69, 9.17) is 10.3 Å². The molecule has 2 aromatic heterocycles. The molecule has 116 valence electrons. The van der Waals surface area contributed by atoms with Crippen LogP contribution in [-0.4, -0.2) is 34.9 Å². The van der Waals surface area contributed by atoms with Gasteiger partial charge in [0.15, 0.2) is 11.6 Å². The maximum absolute atomic E-state index is 12.2. The van der Waals surface area contributed by atoms with Crippen LogP contribution < -0.4 is 10.5 Å². The standard InChI is InChI=1S/C11H18N6O3S/c1-3-6-17-7-9(11(12)15-17)21(18,19)13-5-4-10-14-8(2)20-16-10/h7,13H,3-6H2,1-2H3,(H2,12,15). The Morgan fingerprint density at radius 2 is 2.24 bits per heavy atom. The number of rotatable bonds is 7. The topological polar surface area (TPSA) is 129 Å². The number of nitrogens with one attached hydrogen (secondary N) is 1. The quantitative estimate of drug-likeness (QED) is 0.740. The first-order valence-electron chi connectivity index (χ1n) is 6.54. The molecule has 0 aliphatic carbocycles. The highest BCUT2D eigenvalue weighted by Crippen LogP contribution is 2.16. The number of hydrogen-bond acceptors (Lipinski definition) is 7. The van der Waals surface area contributed by atoms with E-state index >= 15 is 0 Å². The molecular formula is C11H18N6O3S. The molecule has 0 aliphatic rings. The number of nitrogens with zero attached hydrogens (tertiary/aromatic N) is 4. The van der Waals surface area contributed by atoms with E-state index in [0.717, 1.165) is 6.42 Å². The first kappa shape index (κ1) is 15.4. The smallest absolute Gasteiger partial charge is 0.245 e. The molecule has 0 amide bonds. The molecule has 0 aromatic carbocycles. The van der Waals surface area contributed by atoms with Crippen LogP contribution in [0.15, 0.2) is 15.6 Å². The molecule has 9 nitrogen and oxygen atoms in total. The molecule has 0 bridgehead atoms. The summed E-state index contributed by atoms with van der Waals surface area (Å²) in [5, 5.41) is 7.66. The van der Waals surface area contributed by atoms with Crippen molar-refractivity contribution in [2.45, 2.75) is 38.1 Å². The van der Waals surface area contributed by atoms with E-state index in [1.165, 1.54) is 10.9 Å². The fourth-order valence-corrected chi connectivity index (χ4v) is 2.89. The lowest BCUT2D eigenvalue weighted by Crippen LogP contribution is -2.26. The van der Waals surface area contributed by atoms with E-state index in [1.54, 1.807) is 6.92 Å². The van der Waals surface area contributed by atoms with Crippen molar-refractivity contribution >= 4 is 15.8 Å². The predicted molar refractivity (Wildman–Crippen MR) is 74.9 cm³/mol. The average Bonchev–Trinajstić information content (AvgIpc) is 2.96. The van der Waals surface area contributed by atoms with Gasteiger partial charge in [-0.1, -0.05) is 12.1 Å². The summed E-state index contributed by atoms with van der Waals surface area (Å²) in [6.07, 6.45) is 2.60. The molecule has 0 radical (unpaired) electrons. The zero-order valence-corrected chi connectivity index (χ0v) is 12.7. The Labute approximate surface area is 122 Å². The van der Waals surface area contributed by atoms with Crippen LogP contribution in [0.25, 0.3) is 0 Å². The van der Waals surface area contributed by atoms with Crippen molar-refractivity contribution in [1.82, 2.24) is 24.6 Å². The zero-order chi connectivity index (χ0) is 15.5. The van der Waals surface area contributed by atoms with Crippen LogP contribution in [0.3, 0.4) is 0 Å². The zero-order valence-electron chi connectivity index (χ0n) is 11.9. The fraction of sp³-hybridized carbons (Fsp3) is 0.545. The molecular weight excluding hydrogens is 296 g/mol. The lowest BCUT2D eigenvalue weighted by Gasteiger charge is -2.03. The van der Waals surface area contributed by atoms with Crippen LogP contribution in [0.5, 0.6) is 0 Å².